The number of carbonyl (C=O) groups is 1. The monoisotopic (exact) mass is 372 g/mol. The van der Waals surface area contributed by atoms with Crippen LogP contribution < -0.4 is 0 Å². The summed E-state index contributed by atoms with van der Waals surface area (Å²) in [5.74, 6) is 0.0436. The number of hydrogen-bond acceptors (Lipinski definition) is 4. The summed E-state index contributed by atoms with van der Waals surface area (Å²) in [6, 6.07) is 2.19. The summed E-state index contributed by atoms with van der Waals surface area (Å²) in [5.41, 5.74) is 4.45. The number of amides is 1. The van der Waals surface area contributed by atoms with Gasteiger partial charge in [0.2, 0.25) is 0 Å². The zero-order valence-corrected chi connectivity index (χ0v) is 17.2. The second kappa shape index (κ2) is 8.25. The molecule has 0 aliphatic carbocycles. The third-order valence-electron chi connectivity index (χ3n) is 5.61. The molecule has 1 aliphatic heterocycles. The highest BCUT2D eigenvalue weighted by molar-refractivity contribution is 5.93. The number of piperidine rings is 1. The second-order valence-corrected chi connectivity index (χ2v) is 7.56. The van der Waals surface area contributed by atoms with Gasteiger partial charge in [0.15, 0.2) is 0 Å². The lowest BCUT2D eigenvalue weighted by Crippen LogP contribution is -2.46. The number of nitrogens with zero attached hydrogens (tertiary/aromatic N) is 5. The summed E-state index contributed by atoms with van der Waals surface area (Å²) in [5, 5.41) is 12.0. The van der Waals surface area contributed by atoms with Gasteiger partial charge in [0.25, 0.3) is 5.91 Å². The molecule has 1 amide bonds. The molecule has 1 N–H and O–H groups in total. The standard InChI is InChI=1S/C20H32N6O/c1-6-10-26-15(4)19(14(3)23-26)17-13-18(22-21-17)20(27)25(7-2)16-8-11-24(5)12-9-16/h13,16H,6-12H2,1-5H3,(H,21,22). The second-order valence-electron chi connectivity index (χ2n) is 7.56. The van der Waals surface area contributed by atoms with E-state index in [9.17, 15) is 4.79 Å². The van der Waals surface area contributed by atoms with Gasteiger partial charge in [0, 0.05) is 30.4 Å². The van der Waals surface area contributed by atoms with Crippen LogP contribution in [0.25, 0.3) is 11.3 Å². The van der Waals surface area contributed by atoms with Gasteiger partial charge in [-0.3, -0.25) is 14.6 Å². The lowest BCUT2D eigenvalue weighted by molar-refractivity contribution is 0.0600. The van der Waals surface area contributed by atoms with Crippen molar-refractivity contribution in [3.8, 4) is 11.3 Å². The summed E-state index contributed by atoms with van der Waals surface area (Å²) in [6.07, 6.45) is 3.09. The van der Waals surface area contributed by atoms with Gasteiger partial charge in [0.1, 0.15) is 5.69 Å². The molecule has 2 aromatic heterocycles. The van der Waals surface area contributed by atoms with Crippen LogP contribution in [0.2, 0.25) is 0 Å². The smallest absolute Gasteiger partial charge is 0.272 e. The summed E-state index contributed by atoms with van der Waals surface area (Å²) >= 11 is 0. The van der Waals surface area contributed by atoms with Crippen LogP contribution >= 0.6 is 0 Å². The maximum Gasteiger partial charge on any atom is 0.272 e. The molecule has 0 saturated carbocycles. The van der Waals surface area contributed by atoms with Crippen LogP contribution in [-0.4, -0.2) is 68.4 Å². The summed E-state index contributed by atoms with van der Waals surface area (Å²) < 4.78 is 2.03. The van der Waals surface area contributed by atoms with Gasteiger partial charge >= 0.3 is 0 Å². The van der Waals surface area contributed by atoms with E-state index in [0.717, 1.165) is 61.5 Å². The molecule has 2 aromatic rings. The van der Waals surface area contributed by atoms with Crippen LogP contribution in [0.3, 0.4) is 0 Å². The molecule has 27 heavy (non-hydrogen) atoms. The highest BCUT2D eigenvalue weighted by Crippen LogP contribution is 2.27. The Morgan fingerprint density at radius 2 is 2.00 bits per heavy atom. The topological polar surface area (TPSA) is 70.1 Å². The zero-order chi connectivity index (χ0) is 19.6. The lowest BCUT2D eigenvalue weighted by atomic mass is 10.0. The van der Waals surface area contributed by atoms with E-state index in [1.807, 2.05) is 22.6 Å². The van der Waals surface area contributed by atoms with Gasteiger partial charge in [-0.15, -0.1) is 0 Å². The van der Waals surface area contributed by atoms with E-state index in [1.54, 1.807) is 0 Å². The molecule has 0 bridgehead atoms. The van der Waals surface area contributed by atoms with E-state index in [0.29, 0.717) is 18.3 Å². The minimum absolute atomic E-state index is 0.0436. The fourth-order valence-electron chi connectivity index (χ4n) is 4.09. The Labute approximate surface area is 161 Å². The Balaban J connectivity index is 1.81. The number of rotatable bonds is 6. The number of H-pyrrole nitrogens is 1. The van der Waals surface area contributed by atoms with Crippen LogP contribution in [0.1, 0.15) is 55.0 Å². The Morgan fingerprint density at radius 1 is 1.30 bits per heavy atom. The van der Waals surface area contributed by atoms with E-state index in [1.165, 1.54) is 0 Å². The minimum atomic E-state index is 0.0436. The summed E-state index contributed by atoms with van der Waals surface area (Å²) in [7, 11) is 2.14. The number of likely N-dealkylation sites (tertiary alicyclic amines) is 1. The Hall–Kier alpha value is -2.15. The van der Waals surface area contributed by atoms with Crippen molar-refractivity contribution < 1.29 is 4.79 Å². The molecule has 0 atom stereocenters. The molecule has 148 valence electrons. The molecule has 0 spiro atoms. The van der Waals surface area contributed by atoms with Gasteiger partial charge in [-0.1, -0.05) is 6.92 Å². The molecular weight excluding hydrogens is 340 g/mol. The molecule has 1 fully saturated rings. The molecule has 0 radical (unpaired) electrons. The quantitative estimate of drug-likeness (QED) is 0.846. The van der Waals surface area contributed by atoms with Crippen molar-refractivity contribution in [3.63, 3.8) is 0 Å². The fourth-order valence-corrected chi connectivity index (χ4v) is 4.09. The van der Waals surface area contributed by atoms with Crippen molar-refractivity contribution in [1.29, 1.82) is 0 Å². The first-order valence-electron chi connectivity index (χ1n) is 10.1. The fraction of sp³-hybridized carbons (Fsp3) is 0.650. The maximum absolute atomic E-state index is 13.1. The van der Waals surface area contributed by atoms with Crippen molar-refractivity contribution >= 4 is 5.91 Å². The normalized spacial score (nSPS) is 16.0. The summed E-state index contributed by atoms with van der Waals surface area (Å²) in [6.45, 7) is 12.0. The van der Waals surface area contributed by atoms with Gasteiger partial charge in [-0.2, -0.15) is 10.2 Å². The van der Waals surface area contributed by atoms with Gasteiger partial charge in [0.05, 0.1) is 11.4 Å². The van der Waals surface area contributed by atoms with Crippen LogP contribution in [0, 0.1) is 13.8 Å². The third-order valence-corrected chi connectivity index (χ3v) is 5.61. The van der Waals surface area contributed by atoms with Crippen LogP contribution in [0.4, 0.5) is 0 Å². The Bertz CT molecular complexity index is 784. The van der Waals surface area contributed by atoms with Gasteiger partial charge < -0.3 is 9.80 Å². The highest BCUT2D eigenvalue weighted by atomic mass is 16.2. The van der Waals surface area contributed by atoms with E-state index < -0.39 is 0 Å². The van der Waals surface area contributed by atoms with Crippen molar-refractivity contribution in [2.24, 2.45) is 0 Å². The third kappa shape index (κ3) is 3.93. The lowest BCUT2D eigenvalue weighted by Gasteiger charge is -2.36. The number of aromatic amines is 1. The predicted molar refractivity (Wildman–Crippen MR) is 107 cm³/mol. The van der Waals surface area contributed by atoms with Crippen LogP contribution in [-0.2, 0) is 6.54 Å². The molecule has 3 rings (SSSR count). The van der Waals surface area contributed by atoms with Gasteiger partial charge in [-0.25, -0.2) is 0 Å². The SMILES string of the molecule is CCCn1nc(C)c(-c2cc(C(=O)N(CC)C3CCN(C)CC3)[nH]n2)c1C. The predicted octanol–water partition coefficient (Wildman–Crippen LogP) is 2.86. The van der Waals surface area contributed by atoms with E-state index in [2.05, 4.69) is 48.0 Å². The largest absolute Gasteiger partial charge is 0.335 e. The molecule has 7 nitrogen and oxygen atoms in total. The Kier molecular flexibility index (Phi) is 5.99. The average molecular weight is 373 g/mol. The van der Waals surface area contributed by atoms with Crippen LogP contribution in [0.15, 0.2) is 6.07 Å². The van der Waals surface area contributed by atoms with Gasteiger partial charge in [-0.05, 0) is 66.2 Å². The first kappa shape index (κ1) is 19.6. The van der Waals surface area contributed by atoms with Crippen LogP contribution in [0.5, 0.6) is 0 Å². The number of nitrogens with one attached hydrogen (secondary N) is 1. The zero-order valence-electron chi connectivity index (χ0n) is 17.2. The average Bonchev–Trinajstić information content (AvgIpc) is 3.22. The first-order chi connectivity index (χ1) is 13.0. The molecule has 0 aromatic carbocycles. The number of hydrogen-bond donors (Lipinski definition) is 1. The maximum atomic E-state index is 13.1. The minimum Gasteiger partial charge on any atom is -0.335 e. The van der Waals surface area contributed by atoms with E-state index in [-0.39, 0.29) is 5.91 Å². The summed E-state index contributed by atoms with van der Waals surface area (Å²) in [4.78, 5) is 17.4. The first-order valence-corrected chi connectivity index (χ1v) is 10.1. The number of aryl methyl sites for hydroxylation is 2. The van der Waals surface area contributed by atoms with Crippen molar-refractivity contribution in [1.82, 2.24) is 29.8 Å². The number of carbonyl (C=O) groups excluding carboxylic acids is 1. The van der Waals surface area contributed by atoms with Crippen molar-refractivity contribution in [3.05, 3.63) is 23.1 Å². The number of aromatic nitrogens is 4. The van der Waals surface area contributed by atoms with Crippen molar-refractivity contribution in [2.75, 3.05) is 26.7 Å². The molecular formula is C20H32N6O. The highest BCUT2D eigenvalue weighted by Gasteiger charge is 2.28. The van der Waals surface area contributed by atoms with E-state index in [4.69, 9.17) is 0 Å². The molecule has 0 unspecified atom stereocenters. The Morgan fingerprint density at radius 3 is 2.63 bits per heavy atom. The molecule has 1 aliphatic rings. The van der Waals surface area contributed by atoms with Crippen molar-refractivity contribution in [2.45, 2.75) is 59.5 Å². The van der Waals surface area contributed by atoms with E-state index >= 15 is 0 Å². The molecule has 3 heterocycles. The molecule has 1 saturated heterocycles. The molecule has 7 heteroatoms.